The first-order valence-electron chi connectivity index (χ1n) is 8.39. The highest BCUT2D eigenvalue weighted by atomic mass is 19.1. The van der Waals surface area contributed by atoms with Crippen molar-refractivity contribution in [2.45, 2.75) is 25.4 Å². The van der Waals surface area contributed by atoms with E-state index < -0.39 is 0 Å². The summed E-state index contributed by atoms with van der Waals surface area (Å²) in [5, 5.41) is 3.99. The van der Waals surface area contributed by atoms with Gasteiger partial charge in [0, 0.05) is 11.4 Å². The van der Waals surface area contributed by atoms with Crippen molar-refractivity contribution < 1.29 is 4.39 Å². The third-order valence-electron chi connectivity index (χ3n) is 4.59. The monoisotopic (exact) mass is 333 g/mol. The first kappa shape index (κ1) is 14.3. The number of benzene rings is 2. The van der Waals surface area contributed by atoms with Crippen LogP contribution in [0.25, 0.3) is 21.9 Å². The summed E-state index contributed by atoms with van der Waals surface area (Å²) in [6.45, 7) is 0.536. The van der Waals surface area contributed by atoms with Crippen LogP contribution in [0.4, 0.5) is 10.2 Å². The van der Waals surface area contributed by atoms with Gasteiger partial charge in [0.1, 0.15) is 23.8 Å². The van der Waals surface area contributed by atoms with E-state index in [0.29, 0.717) is 23.8 Å². The highest BCUT2D eigenvalue weighted by Gasteiger charge is 2.27. The third-order valence-corrected chi connectivity index (χ3v) is 4.59. The molecule has 2 aromatic heterocycles. The van der Waals surface area contributed by atoms with Gasteiger partial charge in [0.15, 0.2) is 0 Å². The summed E-state index contributed by atoms with van der Waals surface area (Å²) in [6, 6.07) is 13.3. The molecule has 0 amide bonds. The van der Waals surface area contributed by atoms with E-state index >= 15 is 0 Å². The lowest BCUT2D eigenvalue weighted by molar-refractivity contribution is 0.629. The maximum Gasteiger partial charge on any atom is 0.137 e. The van der Waals surface area contributed by atoms with Gasteiger partial charge in [-0.1, -0.05) is 12.1 Å². The van der Waals surface area contributed by atoms with Gasteiger partial charge in [0.05, 0.1) is 23.1 Å². The summed E-state index contributed by atoms with van der Waals surface area (Å²) in [7, 11) is 0. The first-order valence-corrected chi connectivity index (χ1v) is 8.39. The summed E-state index contributed by atoms with van der Waals surface area (Å²) in [5.74, 6) is 1.31. The minimum Gasteiger partial charge on any atom is -0.362 e. The van der Waals surface area contributed by atoms with E-state index in [0.717, 1.165) is 16.9 Å². The van der Waals surface area contributed by atoms with Crippen LogP contribution < -0.4 is 5.32 Å². The highest BCUT2D eigenvalue weighted by Crippen LogP contribution is 2.38. The highest BCUT2D eigenvalue weighted by molar-refractivity contribution is 5.88. The number of halogens is 1. The Kier molecular flexibility index (Phi) is 3.16. The molecule has 0 radical (unpaired) electrons. The van der Waals surface area contributed by atoms with E-state index in [1.807, 2.05) is 18.2 Å². The zero-order chi connectivity index (χ0) is 16.8. The second-order valence-electron chi connectivity index (χ2n) is 6.36. The fourth-order valence-electron chi connectivity index (χ4n) is 3.29. The predicted octanol–water partition coefficient (Wildman–Crippen LogP) is 4.07. The standard InChI is InChI=1S/C19H16FN5/c20-12-5-8-15-14(9-12)19(23-11-22-15)21-10-18-24-16-3-1-2-4-17(16)25(18)13-6-7-13/h1-5,8-9,11,13H,6-7,10H2,(H,21,22,23). The molecule has 1 N–H and O–H groups in total. The van der Waals surface area contributed by atoms with Gasteiger partial charge in [0.2, 0.25) is 0 Å². The van der Waals surface area contributed by atoms with Crippen LogP contribution in [0, 0.1) is 5.82 Å². The number of rotatable bonds is 4. The average Bonchev–Trinajstić information content (AvgIpc) is 3.40. The van der Waals surface area contributed by atoms with Crippen LogP contribution in [0.5, 0.6) is 0 Å². The number of para-hydroxylation sites is 2. The molecule has 0 aliphatic heterocycles. The summed E-state index contributed by atoms with van der Waals surface area (Å²) >= 11 is 0. The minimum atomic E-state index is -0.296. The SMILES string of the molecule is Fc1ccc2ncnc(NCc3nc4ccccc4n3C3CC3)c2c1. The second kappa shape index (κ2) is 5.51. The molecule has 124 valence electrons. The van der Waals surface area contributed by atoms with Crippen molar-refractivity contribution in [3.63, 3.8) is 0 Å². The Hall–Kier alpha value is -3.02. The number of aromatic nitrogens is 4. The van der Waals surface area contributed by atoms with Gasteiger partial charge in [-0.05, 0) is 43.2 Å². The summed E-state index contributed by atoms with van der Waals surface area (Å²) in [5.41, 5.74) is 2.89. The quantitative estimate of drug-likeness (QED) is 0.612. The van der Waals surface area contributed by atoms with Gasteiger partial charge in [-0.25, -0.2) is 19.3 Å². The molecule has 2 aromatic carbocycles. The van der Waals surface area contributed by atoms with Crippen LogP contribution in [-0.4, -0.2) is 19.5 Å². The molecule has 0 atom stereocenters. The topological polar surface area (TPSA) is 55.6 Å². The molecule has 0 saturated heterocycles. The number of imidazole rings is 1. The molecular formula is C19H16FN5. The van der Waals surface area contributed by atoms with E-state index in [1.54, 1.807) is 6.07 Å². The Morgan fingerprint density at radius 3 is 2.84 bits per heavy atom. The molecule has 0 unspecified atom stereocenters. The van der Waals surface area contributed by atoms with Crippen molar-refractivity contribution >= 4 is 27.8 Å². The lowest BCUT2D eigenvalue weighted by atomic mass is 10.2. The van der Waals surface area contributed by atoms with Crippen molar-refractivity contribution in [2.24, 2.45) is 0 Å². The molecule has 4 aromatic rings. The van der Waals surface area contributed by atoms with Crippen molar-refractivity contribution in [1.29, 1.82) is 0 Å². The van der Waals surface area contributed by atoms with E-state index in [-0.39, 0.29) is 5.82 Å². The van der Waals surface area contributed by atoms with Crippen molar-refractivity contribution in [3.05, 3.63) is 60.4 Å². The molecule has 0 spiro atoms. The zero-order valence-electron chi connectivity index (χ0n) is 13.5. The predicted molar refractivity (Wildman–Crippen MR) is 94.8 cm³/mol. The van der Waals surface area contributed by atoms with Gasteiger partial charge >= 0.3 is 0 Å². The molecule has 1 aliphatic rings. The van der Waals surface area contributed by atoms with E-state index in [4.69, 9.17) is 4.98 Å². The van der Waals surface area contributed by atoms with Gasteiger partial charge in [0.25, 0.3) is 0 Å². The van der Waals surface area contributed by atoms with Crippen LogP contribution in [0.1, 0.15) is 24.7 Å². The molecule has 0 bridgehead atoms. The fraction of sp³-hybridized carbons (Fsp3) is 0.211. The van der Waals surface area contributed by atoms with Crippen LogP contribution in [0.2, 0.25) is 0 Å². The molecule has 1 saturated carbocycles. The van der Waals surface area contributed by atoms with Gasteiger partial charge in [-0.3, -0.25) is 0 Å². The van der Waals surface area contributed by atoms with E-state index in [2.05, 4.69) is 25.9 Å². The van der Waals surface area contributed by atoms with Gasteiger partial charge in [-0.15, -0.1) is 0 Å². The summed E-state index contributed by atoms with van der Waals surface area (Å²) in [4.78, 5) is 13.2. The first-order chi connectivity index (χ1) is 12.3. The Labute approximate surface area is 143 Å². The van der Waals surface area contributed by atoms with Crippen molar-refractivity contribution in [2.75, 3.05) is 5.32 Å². The summed E-state index contributed by atoms with van der Waals surface area (Å²) in [6.07, 6.45) is 3.87. The van der Waals surface area contributed by atoms with Crippen LogP contribution in [-0.2, 0) is 6.54 Å². The van der Waals surface area contributed by atoms with Crippen LogP contribution in [0.3, 0.4) is 0 Å². The number of fused-ring (bicyclic) bond motifs is 2. The van der Waals surface area contributed by atoms with E-state index in [9.17, 15) is 4.39 Å². The Morgan fingerprint density at radius 2 is 1.96 bits per heavy atom. The number of anilines is 1. The average molecular weight is 333 g/mol. The maximum atomic E-state index is 13.6. The van der Waals surface area contributed by atoms with Gasteiger partial charge in [-0.2, -0.15) is 0 Å². The zero-order valence-corrected chi connectivity index (χ0v) is 13.5. The van der Waals surface area contributed by atoms with E-state index in [1.165, 1.54) is 36.8 Å². The number of nitrogens with one attached hydrogen (secondary N) is 1. The maximum absolute atomic E-state index is 13.6. The molecule has 1 aliphatic carbocycles. The Balaban J connectivity index is 1.52. The normalized spacial score (nSPS) is 14.3. The van der Waals surface area contributed by atoms with Crippen LogP contribution in [0.15, 0.2) is 48.8 Å². The number of hydrogen-bond acceptors (Lipinski definition) is 4. The molecule has 5 nitrogen and oxygen atoms in total. The smallest absolute Gasteiger partial charge is 0.137 e. The van der Waals surface area contributed by atoms with Crippen molar-refractivity contribution in [1.82, 2.24) is 19.5 Å². The fourth-order valence-corrected chi connectivity index (χ4v) is 3.29. The Bertz CT molecular complexity index is 1080. The largest absolute Gasteiger partial charge is 0.362 e. The van der Waals surface area contributed by atoms with Gasteiger partial charge < -0.3 is 9.88 Å². The molecular weight excluding hydrogens is 317 g/mol. The molecule has 25 heavy (non-hydrogen) atoms. The minimum absolute atomic E-state index is 0.296. The third kappa shape index (κ3) is 2.50. The Morgan fingerprint density at radius 1 is 1.08 bits per heavy atom. The number of nitrogens with zero attached hydrogens (tertiary/aromatic N) is 4. The molecule has 5 rings (SSSR count). The lowest BCUT2D eigenvalue weighted by Crippen LogP contribution is -2.09. The summed E-state index contributed by atoms with van der Waals surface area (Å²) < 4.78 is 15.9. The molecule has 2 heterocycles. The molecule has 6 heteroatoms. The number of hydrogen-bond donors (Lipinski definition) is 1. The van der Waals surface area contributed by atoms with Crippen molar-refractivity contribution in [3.8, 4) is 0 Å². The second-order valence-corrected chi connectivity index (χ2v) is 6.36. The lowest BCUT2D eigenvalue weighted by Gasteiger charge is -2.10. The van der Waals surface area contributed by atoms with Crippen LogP contribution >= 0.6 is 0 Å². The molecule has 1 fully saturated rings.